The summed E-state index contributed by atoms with van der Waals surface area (Å²) in [4.78, 5) is 10.5. The second-order valence-corrected chi connectivity index (χ2v) is 2.19. The van der Waals surface area contributed by atoms with E-state index in [2.05, 4.69) is 5.32 Å². The molecule has 0 aliphatic carbocycles. The van der Waals surface area contributed by atoms with E-state index in [1.807, 2.05) is 6.92 Å². The second-order valence-electron chi connectivity index (χ2n) is 2.19. The number of amides is 1. The van der Waals surface area contributed by atoms with Crippen molar-refractivity contribution in [2.24, 2.45) is 5.73 Å². The highest BCUT2D eigenvalue weighted by Gasteiger charge is 1.98. The molecule has 0 unspecified atom stereocenters. The van der Waals surface area contributed by atoms with Crippen molar-refractivity contribution >= 4 is 5.91 Å². The van der Waals surface area contributed by atoms with Crippen LogP contribution < -0.4 is 11.1 Å². The number of hydrogen-bond acceptors (Lipinski definition) is 2. The zero-order valence-corrected chi connectivity index (χ0v) is 5.98. The maximum Gasteiger partial charge on any atom is 0.219 e. The minimum absolute atomic E-state index is 0.0623. The highest BCUT2D eigenvalue weighted by Crippen LogP contribution is 1.91. The molecule has 0 aromatic rings. The predicted octanol–water partition coefficient (Wildman–Crippen LogP) is -0.140. The van der Waals surface area contributed by atoms with Crippen molar-refractivity contribution in [3.8, 4) is 0 Å². The summed E-state index contributed by atoms with van der Waals surface area (Å²) in [5, 5.41) is 2.53. The Labute approximate surface area is 55.6 Å². The number of carbonyl (C=O) groups excluding carboxylic acids is 1. The molecule has 0 aliphatic rings. The fourth-order valence-electron chi connectivity index (χ4n) is 0.484. The number of carbonyl (C=O) groups is 1. The Kier molecular flexibility index (Phi) is 4.05. The predicted molar refractivity (Wildman–Crippen MR) is 37.0 cm³/mol. The summed E-state index contributed by atoms with van der Waals surface area (Å²) in [6.07, 6.45) is 1.30. The van der Waals surface area contributed by atoms with Gasteiger partial charge in [0.15, 0.2) is 0 Å². The Morgan fingerprint density at radius 1 is 1.78 bits per heavy atom. The summed E-state index contributed by atoms with van der Waals surface area (Å²) in [5.41, 5.74) is 5.42. The molecule has 0 rings (SSSR count). The van der Waals surface area contributed by atoms with Crippen molar-refractivity contribution in [3.05, 3.63) is 0 Å². The van der Waals surface area contributed by atoms with E-state index in [1.165, 1.54) is 0 Å². The van der Waals surface area contributed by atoms with Crippen LogP contribution in [0, 0.1) is 0 Å². The number of nitrogens with one attached hydrogen (secondary N) is 1. The topological polar surface area (TPSA) is 55.1 Å². The minimum Gasteiger partial charge on any atom is -0.359 e. The number of nitrogens with two attached hydrogens (primary N) is 1. The van der Waals surface area contributed by atoms with Gasteiger partial charge in [-0.05, 0) is 13.3 Å². The summed E-state index contributed by atoms with van der Waals surface area (Å²) in [7, 11) is 1.63. The molecule has 0 radical (unpaired) electrons. The monoisotopic (exact) mass is 130 g/mol. The summed E-state index contributed by atoms with van der Waals surface area (Å²) < 4.78 is 0. The third-order valence-corrected chi connectivity index (χ3v) is 1.11. The first kappa shape index (κ1) is 8.43. The molecule has 0 bridgehead atoms. The normalized spacial score (nSPS) is 12.8. The first-order valence-electron chi connectivity index (χ1n) is 3.13. The average Bonchev–Trinajstić information content (AvgIpc) is 1.83. The average molecular weight is 130 g/mol. The third kappa shape index (κ3) is 5.30. The summed E-state index contributed by atoms with van der Waals surface area (Å²) in [5.74, 6) is 0.0623. The SMILES string of the molecule is CNC(=O)CC[C@H](C)N. The maximum atomic E-state index is 10.5. The van der Waals surface area contributed by atoms with Gasteiger partial charge in [-0.2, -0.15) is 0 Å². The lowest BCUT2D eigenvalue weighted by Gasteiger charge is -2.01. The van der Waals surface area contributed by atoms with Gasteiger partial charge in [-0.25, -0.2) is 0 Å². The van der Waals surface area contributed by atoms with Crippen LogP contribution in [0.5, 0.6) is 0 Å². The molecule has 0 spiro atoms. The van der Waals surface area contributed by atoms with Crippen molar-refractivity contribution in [2.45, 2.75) is 25.8 Å². The van der Waals surface area contributed by atoms with Crippen LogP contribution in [0.2, 0.25) is 0 Å². The van der Waals surface area contributed by atoms with Gasteiger partial charge >= 0.3 is 0 Å². The lowest BCUT2D eigenvalue weighted by atomic mass is 10.2. The van der Waals surface area contributed by atoms with E-state index >= 15 is 0 Å². The van der Waals surface area contributed by atoms with Crippen LogP contribution in [0.1, 0.15) is 19.8 Å². The molecule has 3 N–H and O–H groups in total. The van der Waals surface area contributed by atoms with E-state index in [0.717, 1.165) is 6.42 Å². The van der Waals surface area contributed by atoms with Gasteiger partial charge in [0, 0.05) is 19.5 Å². The summed E-state index contributed by atoms with van der Waals surface area (Å²) in [6, 6.07) is 0.127. The quantitative estimate of drug-likeness (QED) is 0.558. The van der Waals surface area contributed by atoms with Crippen LogP contribution in [-0.4, -0.2) is 19.0 Å². The molecular weight excluding hydrogens is 116 g/mol. The van der Waals surface area contributed by atoms with E-state index in [1.54, 1.807) is 7.05 Å². The Balaban J connectivity index is 3.17. The number of rotatable bonds is 3. The molecule has 0 fully saturated rings. The summed E-state index contributed by atoms with van der Waals surface area (Å²) in [6.45, 7) is 1.89. The zero-order valence-electron chi connectivity index (χ0n) is 5.98. The molecule has 3 nitrogen and oxygen atoms in total. The van der Waals surface area contributed by atoms with Gasteiger partial charge in [-0.3, -0.25) is 4.79 Å². The van der Waals surface area contributed by atoms with Crippen LogP contribution >= 0.6 is 0 Å². The Morgan fingerprint density at radius 3 is 2.67 bits per heavy atom. The van der Waals surface area contributed by atoms with Crippen molar-refractivity contribution in [3.63, 3.8) is 0 Å². The zero-order chi connectivity index (χ0) is 7.28. The lowest BCUT2D eigenvalue weighted by molar-refractivity contribution is -0.120. The smallest absolute Gasteiger partial charge is 0.219 e. The van der Waals surface area contributed by atoms with Gasteiger partial charge in [-0.15, -0.1) is 0 Å². The molecule has 3 heteroatoms. The molecule has 0 aromatic heterocycles. The highest BCUT2D eigenvalue weighted by molar-refractivity contribution is 5.75. The van der Waals surface area contributed by atoms with Crippen LogP contribution in [0.25, 0.3) is 0 Å². The first-order chi connectivity index (χ1) is 4.16. The molecular formula is C6H14N2O. The van der Waals surface area contributed by atoms with Crippen LogP contribution in [0.15, 0.2) is 0 Å². The molecule has 9 heavy (non-hydrogen) atoms. The van der Waals surface area contributed by atoms with E-state index in [-0.39, 0.29) is 11.9 Å². The first-order valence-corrected chi connectivity index (χ1v) is 3.13. The number of hydrogen-bond donors (Lipinski definition) is 2. The van der Waals surface area contributed by atoms with E-state index in [0.29, 0.717) is 6.42 Å². The summed E-state index contributed by atoms with van der Waals surface area (Å²) >= 11 is 0. The van der Waals surface area contributed by atoms with Gasteiger partial charge < -0.3 is 11.1 Å². The maximum absolute atomic E-state index is 10.5. The minimum atomic E-state index is 0.0623. The Morgan fingerprint density at radius 2 is 2.33 bits per heavy atom. The van der Waals surface area contributed by atoms with Gasteiger partial charge in [0.1, 0.15) is 0 Å². The van der Waals surface area contributed by atoms with Crippen LogP contribution in [-0.2, 0) is 4.79 Å². The highest BCUT2D eigenvalue weighted by atomic mass is 16.1. The molecule has 1 amide bonds. The molecule has 1 atom stereocenters. The van der Waals surface area contributed by atoms with Crippen molar-refractivity contribution < 1.29 is 4.79 Å². The molecule has 0 saturated heterocycles. The second kappa shape index (κ2) is 4.32. The van der Waals surface area contributed by atoms with E-state index in [9.17, 15) is 4.79 Å². The largest absolute Gasteiger partial charge is 0.359 e. The van der Waals surface area contributed by atoms with E-state index < -0.39 is 0 Å². The molecule has 0 saturated carbocycles. The standard InChI is InChI=1S/C6H14N2O/c1-5(7)3-4-6(9)8-2/h5H,3-4,7H2,1-2H3,(H,8,9)/t5-/m0/s1. The van der Waals surface area contributed by atoms with Gasteiger partial charge in [0.2, 0.25) is 5.91 Å². The van der Waals surface area contributed by atoms with Gasteiger partial charge in [0.05, 0.1) is 0 Å². The fraction of sp³-hybridized carbons (Fsp3) is 0.833. The van der Waals surface area contributed by atoms with Crippen molar-refractivity contribution in [1.82, 2.24) is 5.32 Å². The third-order valence-electron chi connectivity index (χ3n) is 1.11. The molecule has 0 heterocycles. The van der Waals surface area contributed by atoms with E-state index in [4.69, 9.17) is 5.73 Å². The fourth-order valence-corrected chi connectivity index (χ4v) is 0.484. The Bertz CT molecular complexity index is 91.1. The lowest BCUT2D eigenvalue weighted by Crippen LogP contribution is -2.22. The molecule has 0 aromatic carbocycles. The molecule has 54 valence electrons. The van der Waals surface area contributed by atoms with Crippen LogP contribution in [0.3, 0.4) is 0 Å². The van der Waals surface area contributed by atoms with Crippen LogP contribution in [0.4, 0.5) is 0 Å². The van der Waals surface area contributed by atoms with Crippen molar-refractivity contribution in [2.75, 3.05) is 7.05 Å². The van der Waals surface area contributed by atoms with Crippen molar-refractivity contribution in [1.29, 1.82) is 0 Å². The Hall–Kier alpha value is -0.570. The van der Waals surface area contributed by atoms with Gasteiger partial charge in [-0.1, -0.05) is 0 Å². The molecule has 0 aliphatic heterocycles. The van der Waals surface area contributed by atoms with Gasteiger partial charge in [0.25, 0.3) is 0 Å².